The van der Waals surface area contributed by atoms with E-state index in [-0.39, 0.29) is 23.8 Å². The van der Waals surface area contributed by atoms with Gasteiger partial charge in [0.05, 0.1) is 0 Å². The van der Waals surface area contributed by atoms with Gasteiger partial charge in [-0.1, -0.05) is 26.0 Å². The highest BCUT2D eigenvalue weighted by Gasteiger charge is 2.22. The molecule has 0 saturated carbocycles. The maximum Gasteiger partial charge on any atom is 0.223 e. The molecule has 3 heteroatoms. The van der Waals surface area contributed by atoms with Gasteiger partial charge < -0.3 is 10.4 Å². The molecule has 86 valence electrons. The molecule has 0 fully saturated rings. The normalized spacial score (nSPS) is 17.0. The molecule has 0 radical (unpaired) electrons. The topological polar surface area (TPSA) is 49.3 Å². The number of amides is 1. The highest BCUT2D eigenvalue weighted by Crippen LogP contribution is 2.20. The first kappa shape index (κ1) is 12.2. The van der Waals surface area contributed by atoms with E-state index in [1.807, 2.05) is 0 Å². The maximum absolute atomic E-state index is 11.7. The van der Waals surface area contributed by atoms with Crippen molar-refractivity contribution in [2.75, 3.05) is 13.2 Å². The third-order valence-corrected chi connectivity index (χ3v) is 2.91. The SMILES string of the molecule is CC(C)(CCO)CNC(=O)C1CC=CC1. The van der Waals surface area contributed by atoms with Crippen molar-refractivity contribution in [1.29, 1.82) is 0 Å². The molecule has 2 N–H and O–H groups in total. The van der Waals surface area contributed by atoms with Crippen LogP contribution >= 0.6 is 0 Å². The monoisotopic (exact) mass is 211 g/mol. The summed E-state index contributed by atoms with van der Waals surface area (Å²) in [7, 11) is 0. The van der Waals surface area contributed by atoms with E-state index >= 15 is 0 Å². The molecular formula is C12H21NO2. The van der Waals surface area contributed by atoms with Crippen LogP contribution in [0.2, 0.25) is 0 Å². The van der Waals surface area contributed by atoms with Crippen LogP contribution in [0.4, 0.5) is 0 Å². The molecule has 15 heavy (non-hydrogen) atoms. The van der Waals surface area contributed by atoms with E-state index in [0.717, 1.165) is 19.3 Å². The molecule has 1 aliphatic rings. The fraction of sp³-hybridized carbons (Fsp3) is 0.750. The van der Waals surface area contributed by atoms with Crippen LogP contribution in [0.3, 0.4) is 0 Å². The second kappa shape index (κ2) is 5.31. The fourth-order valence-electron chi connectivity index (χ4n) is 1.69. The second-order valence-corrected chi connectivity index (χ2v) is 5.00. The Morgan fingerprint density at radius 3 is 2.60 bits per heavy atom. The number of nitrogens with one attached hydrogen (secondary N) is 1. The van der Waals surface area contributed by atoms with Crippen molar-refractivity contribution < 1.29 is 9.90 Å². The molecule has 0 saturated heterocycles. The molecule has 1 amide bonds. The summed E-state index contributed by atoms with van der Waals surface area (Å²) in [5, 5.41) is 11.8. The van der Waals surface area contributed by atoms with Gasteiger partial charge in [-0.25, -0.2) is 0 Å². The first-order valence-electron chi connectivity index (χ1n) is 5.59. The Morgan fingerprint density at radius 1 is 1.47 bits per heavy atom. The summed E-state index contributed by atoms with van der Waals surface area (Å²) < 4.78 is 0. The number of aliphatic hydroxyl groups excluding tert-OH is 1. The highest BCUT2D eigenvalue weighted by atomic mass is 16.3. The number of hydrogen-bond donors (Lipinski definition) is 2. The lowest BCUT2D eigenvalue weighted by Crippen LogP contribution is -2.37. The largest absolute Gasteiger partial charge is 0.396 e. The number of rotatable bonds is 5. The van der Waals surface area contributed by atoms with Crippen molar-refractivity contribution in [2.45, 2.75) is 33.1 Å². The zero-order valence-corrected chi connectivity index (χ0v) is 9.62. The molecule has 0 bridgehead atoms. The van der Waals surface area contributed by atoms with Crippen LogP contribution in [0.25, 0.3) is 0 Å². The predicted octanol–water partition coefficient (Wildman–Crippen LogP) is 1.48. The number of hydrogen-bond acceptors (Lipinski definition) is 2. The molecule has 1 rings (SSSR count). The summed E-state index contributed by atoms with van der Waals surface area (Å²) in [6.07, 6.45) is 6.57. The first-order chi connectivity index (χ1) is 7.05. The van der Waals surface area contributed by atoms with Crippen LogP contribution in [0, 0.1) is 11.3 Å². The van der Waals surface area contributed by atoms with E-state index in [1.54, 1.807) is 0 Å². The van der Waals surface area contributed by atoms with E-state index in [2.05, 4.69) is 31.3 Å². The third-order valence-electron chi connectivity index (χ3n) is 2.91. The van der Waals surface area contributed by atoms with Crippen LogP contribution in [0.5, 0.6) is 0 Å². The van der Waals surface area contributed by atoms with E-state index in [1.165, 1.54) is 0 Å². The van der Waals surface area contributed by atoms with Gasteiger partial charge in [0.15, 0.2) is 0 Å². The Morgan fingerprint density at radius 2 is 2.07 bits per heavy atom. The summed E-state index contributed by atoms with van der Waals surface area (Å²) >= 11 is 0. The van der Waals surface area contributed by atoms with Gasteiger partial charge >= 0.3 is 0 Å². The van der Waals surface area contributed by atoms with Crippen LogP contribution in [0.15, 0.2) is 12.2 Å². The number of carbonyl (C=O) groups is 1. The van der Waals surface area contributed by atoms with Crippen molar-refractivity contribution in [1.82, 2.24) is 5.32 Å². The van der Waals surface area contributed by atoms with Crippen LogP contribution in [0.1, 0.15) is 33.1 Å². The lowest BCUT2D eigenvalue weighted by Gasteiger charge is -2.24. The standard InChI is InChI=1S/C12H21NO2/c1-12(2,7-8-14)9-13-11(15)10-5-3-4-6-10/h3-4,10,14H,5-9H2,1-2H3,(H,13,15). The molecule has 0 aromatic carbocycles. The molecule has 0 heterocycles. The summed E-state index contributed by atoms with van der Waals surface area (Å²) in [4.78, 5) is 11.7. The molecular weight excluding hydrogens is 190 g/mol. The predicted molar refractivity (Wildman–Crippen MR) is 60.4 cm³/mol. The van der Waals surface area contributed by atoms with Gasteiger partial charge in [-0.15, -0.1) is 0 Å². The minimum absolute atomic E-state index is 0.0174. The Labute approximate surface area is 91.6 Å². The van der Waals surface area contributed by atoms with Crippen molar-refractivity contribution >= 4 is 5.91 Å². The summed E-state index contributed by atoms with van der Waals surface area (Å²) in [5.41, 5.74) is -0.0174. The maximum atomic E-state index is 11.7. The Hall–Kier alpha value is -0.830. The van der Waals surface area contributed by atoms with E-state index in [0.29, 0.717) is 6.54 Å². The second-order valence-electron chi connectivity index (χ2n) is 5.00. The summed E-state index contributed by atoms with van der Waals surface area (Å²) in [6.45, 7) is 4.92. The van der Waals surface area contributed by atoms with Crippen LogP contribution < -0.4 is 5.32 Å². The Balaban J connectivity index is 2.27. The van der Waals surface area contributed by atoms with E-state index in [9.17, 15) is 4.79 Å². The quantitative estimate of drug-likeness (QED) is 0.677. The lowest BCUT2D eigenvalue weighted by molar-refractivity contribution is -0.125. The van der Waals surface area contributed by atoms with Crippen LogP contribution in [-0.2, 0) is 4.79 Å². The van der Waals surface area contributed by atoms with Crippen LogP contribution in [-0.4, -0.2) is 24.2 Å². The number of aliphatic hydroxyl groups is 1. The average Bonchev–Trinajstić information content (AvgIpc) is 2.67. The Kier molecular flexibility index (Phi) is 4.33. The summed E-state index contributed by atoms with van der Waals surface area (Å²) in [6, 6.07) is 0. The smallest absolute Gasteiger partial charge is 0.223 e. The molecule has 0 aromatic rings. The molecule has 0 atom stereocenters. The average molecular weight is 211 g/mol. The third kappa shape index (κ3) is 4.04. The first-order valence-corrected chi connectivity index (χ1v) is 5.59. The molecule has 0 unspecified atom stereocenters. The van der Waals surface area contributed by atoms with Crippen molar-refractivity contribution in [3.05, 3.63) is 12.2 Å². The van der Waals surface area contributed by atoms with Gasteiger partial charge in [-0.05, 0) is 24.7 Å². The molecule has 3 nitrogen and oxygen atoms in total. The van der Waals surface area contributed by atoms with Crippen molar-refractivity contribution in [3.8, 4) is 0 Å². The molecule has 0 spiro atoms. The van der Waals surface area contributed by atoms with Crippen molar-refractivity contribution in [3.63, 3.8) is 0 Å². The van der Waals surface area contributed by atoms with Crippen molar-refractivity contribution in [2.24, 2.45) is 11.3 Å². The van der Waals surface area contributed by atoms with Gasteiger partial charge in [-0.2, -0.15) is 0 Å². The Bertz CT molecular complexity index is 238. The molecule has 0 aromatic heterocycles. The van der Waals surface area contributed by atoms with Gasteiger partial charge in [-0.3, -0.25) is 4.79 Å². The van der Waals surface area contributed by atoms with E-state index in [4.69, 9.17) is 5.11 Å². The lowest BCUT2D eigenvalue weighted by atomic mass is 9.89. The molecule has 1 aliphatic carbocycles. The minimum Gasteiger partial charge on any atom is -0.396 e. The zero-order chi connectivity index (χ0) is 11.3. The molecule has 0 aliphatic heterocycles. The number of allylic oxidation sites excluding steroid dienone is 2. The van der Waals surface area contributed by atoms with Gasteiger partial charge in [0.1, 0.15) is 0 Å². The zero-order valence-electron chi connectivity index (χ0n) is 9.62. The minimum atomic E-state index is -0.0174. The van der Waals surface area contributed by atoms with Gasteiger partial charge in [0.2, 0.25) is 5.91 Å². The number of carbonyl (C=O) groups excluding carboxylic acids is 1. The van der Waals surface area contributed by atoms with E-state index < -0.39 is 0 Å². The van der Waals surface area contributed by atoms with Gasteiger partial charge in [0, 0.05) is 19.1 Å². The fourth-order valence-corrected chi connectivity index (χ4v) is 1.69. The summed E-state index contributed by atoms with van der Waals surface area (Å²) in [5.74, 6) is 0.279. The van der Waals surface area contributed by atoms with Gasteiger partial charge in [0.25, 0.3) is 0 Å². The highest BCUT2D eigenvalue weighted by molar-refractivity contribution is 5.79.